The first-order valence-electron chi connectivity index (χ1n) is 5.47. The van der Waals surface area contributed by atoms with Gasteiger partial charge in [-0.2, -0.15) is 0 Å². The van der Waals surface area contributed by atoms with Crippen LogP contribution in [0.4, 0.5) is 5.69 Å². The molecule has 0 saturated heterocycles. The summed E-state index contributed by atoms with van der Waals surface area (Å²) in [6.45, 7) is 1.53. The summed E-state index contributed by atoms with van der Waals surface area (Å²) in [5.74, 6) is -2.00. The molecule has 0 fully saturated rings. The van der Waals surface area contributed by atoms with Crippen LogP contribution in [0, 0.1) is 0 Å². The molecule has 0 aromatic heterocycles. The van der Waals surface area contributed by atoms with Crippen molar-refractivity contribution in [1.82, 2.24) is 0 Å². The van der Waals surface area contributed by atoms with Crippen molar-refractivity contribution in [3.05, 3.63) is 23.8 Å². The summed E-state index contributed by atoms with van der Waals surface area (Å²) >= 11 is 0. The van der Waals surface area contributed by atoms with E-state index in [9.17, 15) is 14.4 Å². The number of nitrogens with one attached hydrogen (secondary N) is 1. The van der Waals surface area contributed by atoms with Crippen molar-refractivity contribution in [2.75, 3.05) is 12.6 Å². The average Bonchev–Trinajstić information content (AvgIpc) is 2.43. The zero-order chi connectivity index (χ0) is 14.4. The molecule has 1 aromatic carbocycles. The van der Waals surface area contributed by atoms with E-state index in [1.54, 1.807) is 0 Å². The number of anilines is 1. The van der Waals surface area contributed by atoms with Crippen LogP contribution in [0.2, 0.25) is 0 Å². The summed E-state index contributed by atoms with van der Waals surface area (Å²) in [6.07, 6.45) is 0.0291. The molecule has 0 spiro atoms. The van der Waals surface area contributed by atoms with Gasteiger partial charge in [0.15, 0.2) is 0 Å². The van der Waals surface area contributed by atoms with Crippen LogP contribution in [0.1, 0.15) is 23.7 Å². The Morgan fingerprint density at radius 2 is 2.00 bits per heavy atom. The second kappa shape index (κ2) is 6.39. The van der Waals surface area contributed by atoms with E-state index in [-0.39, 0.29) is 17.7 Å². The molecule has 1 aromatic rings. The summed E-state index contributed by atoms with van der Waals surface area (Å²) in [5, 5.41) is 0. The maximum absolute atomic E-state index is 11.2. The molecule has 0 saturated carbocycles. The molecule has 7 nitrogen and oxygen atoms in total. The van der Waals surface area contributed by atoms with E-state index in [1.165, 1.54) is 32.2 Å². The van der Waals surface area contributed by atoms with Crippen molar-refractivity contribution in [2.24, 2.45) is 5.73 Å². The van der Waals surface area contributed by atoms with Crippen LogP contribution >= 0.6 is 0 Å². The molecular formula is C12H14N2O5. The van der Waals surface area contributed by atoms with E-state index in [4.69, 9.17) is 10.5 Å². The average molecular weight is 266 g/mol. The monoisotopic (exact) mass is 266 g/mol. The smallest absolute Gasteiger partial charge is 0.398 e. The summed E-state index contributed by atoms with van der Waals surface area (Å²) in [6, 6.07) is 4.37. The van der Waals surface area contributed by atoms with Gasteiger partial charge in [0.05, 0.1) is 18.4 Å². The minimum Gasteiger partial charge on any atom is -0.497 e. The van der Waals surface area contributed by atoms with Crippen molar-refractivity contribution >= 4 is 23.3 Å². The Labute approximate surface area is 109 Å². The van der Waals surface area contributed by atoms with E-state index in [0.717, 1.165) is 0 Å². The van der Waals surface area contributed by atoms with Crippen LogP contribution in [-0.2, 0) is 14.4 Å². The van der Waals surface area contributed by atoms with Gasteiger partial charge in [-0.15, -0.1) is 0 Å². The van der Waals surface area contributed by atoms with Crippen molar-refractivity contribution in [1.29, 1.82) is 0 Å². The number of ketones is 1. The molecule has 0 heterocycles. The molecule has 0 atom stereocenters. The molecule has 0 aliphatic heterocycles. The largest absolute Gasteiger partial charge is 0.497 e. The van der Waals surface area contributed by atoms with E-state index in [0.29, 0.717) is 5.75 Å². The summed E-state index contributed by atoms with van der Waals surface area (Å²) in [5.41, 5.74) is 7.66. The second-order valence-corrected chi connectivity index (χ2v) is 3.54. The van der Waals surface area contributed by atoms with Gasteiger partial charge >= 0.3 is 5.97 Å². The highest BCUT2D eigenvalue weighted by atomic mass is 16.7. The first-order valence-corrected chi connectivity index (χ1v) is 5.47. The third-order valence-corrected chi connectivity index (χ3v) is 2.29. The number of benzene rings is 1. The van der Waals surface area contributed by atoms with Gasteiger partial charge in [0.25, 0.3) is 5.91 Å². The van der Waals surface area contributed by atoms with Crippen LogP contribution in [0.15, 0.2) is 18.2 Å². The van der Waals surface area contributed by atoms with Gasteiger partial charge in [-0.25, -0.2) is 10.3 Å². The second-order valence-electron chi connectivity index (χ2n) is 3.54. The Kier molecular flexibility index (Phi) is 4.87. The van der Waals surface area contributed by atoms with Gasteiger partial charge in [-0.1, -0.05) is 6.92 Å². The van der Waals surface area contributed by atoms with Gasteiger partial charge in [0.2, 0.25) is 5.78 Å². The molecular weight excluding hydrogens is 252 g/mol. The lowest BCUT2D eigenvalue weighted by atomic mass is 10.1. The summed E-state index contributed by atoms with van der Waals surface area (Å²) in [7, 11) is 1.44. The van der Waals surface area contributed by atoms with Crippen molar-refractivity contribution in [3.8, 4) is 5.75 Å². The fourth-order valence-corrected chi connectivity index (χ4v) is 1.25. The minimum atomic E-state index is -1.04. The van der Waals surface area contributed by atoms with E-state index in [1.807, 2.05) is 0 Å². The van der Waals surface area contributed by atoms with Crippen LogP contribution in [0.5, 0.6) is 5.75 Å². The third kappa shape index (κ3) is 3.70. The first-order chi connectivity index (χ1) is 8.99. The lowest BCUT2D eigenvalue weighted by Gasteiger charge is -2.10. The van der Waals surface area contributed by atoms with E-state index < -0.39 is 17.7 Å². The van der Waals surface area contributed by atoms with E-state index in [2.05, 4.69) is 10.3 Å². The number of rotatable bonds is 6. The molecule has 3 N–H and O–H groups in total. The van der Waals surface area contributed by atoms with Crippen molar-refractivity contribution in [3.63, 3.8) is 0 Å². The molecule has 0 unspecified atom stereocenters. The lowest BCUT2D eigenvalue weighted by Crippen LogP contribution is -2.21. The zero-order valence-corrected chi connectivity index (χ0v) is 10.6. The Bertz CT molecular complexity index is 513. The van der Waals surface area contributed by atoms with Gasteiger partial charge in [0, 0.05) is 12.5 Å². The Balaban J connectivity index is 2.89. The molecule has 0 aliphatic rings. The quantitative estimate of drug-likeness (QED) is 0.578. The predicted octanol–water partition coefficient (Wildman–Crippen LogP) is 0.643. The predicted molar refractivity (Wildman–Crippen MR) is 66.5 cm³/mol. The molecule has 0 aliphatic carbocycles. The normalized spacial score (nSPS) is 9.58. The highest BCUT2D eigenvalue weighted by molar-refractivity contribution is 6.33. The molecule has 0 bridgehead atoms. The fourth-order valence-electron chi connectivity index (χ4n) is 1.25. The number of methoxy groups -OCH3 is 1. The third-order valence-electron chi connectivity index (χ3n) is 2.29. The van der Waals surface area contributed by atoms with Crippen LogP contribution in [0.25, 0.3) is 0 Å². The zero-order valence-electron chi connectivity index (χ0n) is 10.6. The molecule has 1 amide bonds. The number of amides is 1. The minimum absolute atomic E-state index is 0.0291. The summed E-state index contributed by atoms with van der Waals surface area (Å²) < 4.78 is 4.97. The standard InChI is InChI=1S/C12H14N2O5/c1-3-10(15)12(17)19-14-9-6-7(18-2)4-5-8(9)11(13)16/h4-6,14H,3H2,1-2H3,(H2,13,16). The number of carbonyl (C=O) groups is 3. The number of ether oxygens (including phenoxy) is 1. The molecule has 102 valence electrons. The Hall–Kier alpha value is -2.57. The highest BCUT2D eigenvalue weighted by Gasteiger charge is 2.15. The lowest BCUT2D eigenvalue weighted by molar-refractivity contribution is -0.151. The number of carbonyl (C=O) groups excluding carboxylic acids is 3. The van der Waals surface area contributed by atoms with Gasteiger partial charge in [-0.05, 0) is 12.1 Å². The fraction of sp³-hybridized carbons (Fsp3) is 0.250. The Morgan fingerprint density at radius 1 is 1.32 bits per heavy atom. The van der Waals surface area contributed by atoms with Gasteiger partial charge in [0.1, 0.15) is 5.75 Å². The van der Waals surface area contributed by atoms with Crippen molar-refractivity contribution in [2.45, 2.75) is 13.3 Å². The Morgan fingerprint density at radius 3 is 2.53 bits per heavy atom. The number of primary amides is 1. The number of nitrogens with two attached hydrogens (primary N) is 1. The molecule has 19 heavy (non-hydrogen) atoms. The van der Waals surface area contributed by atoms with Gasteiger partial charge < -0.3 is 15.3 Å². The number of hydrogen-bond donors (Lipinski definition) is 2. The van der Waals surface area contributed by atoms with Crippen LogP contribution < -0.4 is 16.0 Å². The topological polar surface area (TPSA) is 108 Å². The molecule has 1 rings (SSSR count). The van der Waals surface area contributed by atoms with E-state index >= 15 is 0 Å². The van der Waals surface area contributed by atoms with Gasteiger partial charge in [-0.3, -0.25) is 9.59 Å². The molecule has 7 heteroatoms. The highest BCUT2D eigenvalue weighted by Crippen LogP contribution is 2.22. The SMILES string of the molecule is CCC(=O)C(=O)ONc1cc(OC)ccc1C(N)=O. The maximum atomic E-state index is 11.2. The maximum Gasteiger partial charge on any atom is 0.398 e. The van der Waals surface area contributed by atoms with Crippen LogP contribution in [-0.4, -0.2) is 24.8 Å². The van der Waals surface area contributed by atoms with Crippen LogP contribution in [0.3, 0.4) is 0 Å². The number of Topliss-reactive ketones (excluding diaryl/α,β-unsaturated/α-hetero) is 1. The van der Waals surface area contributed by atoms with Crippen molar-refractivity contribution < 1.29 is 24.0 Å². The summed E-state index contributed by atoms with van der Waals surface area (Å²) in [4.78, 5) is 38.0. The molecule has 0 radical (unpaired) electrons. The number of hydrogen-bond acceptors (Lipinski definition) is 6. The first kappa shape index (κ1) is 14.5.